The third-order valence-electron chi connectivity index (χ3n) is 6.53. The van der Waals surface area contributed by atoms with E-state index in [1.165, 1.54) is 0 Å². The van der Waals surface area contributed by atoms with E-state index in [0.717, 1.165) is 51.1 Å². The Morgan fingerprint density at radius 2 is 1.48 bits per heavy atom. The van der Waals surface area contributed by atoms with Gasteiger partial charge in [0.05, 0.1) is 10.9 Å². The number of phenols is 1. The lowest BCUT2D eigenvalue weighted by Crippen LogP contribution is -2.52. The summed E-state index contributed by atoms with van der Waals surface area (Å²) < 4.78 is 27.1. The first-order valence-corrected chi connectivity index (χ1v) is 13.0. The van der Waals surface area contributed by atoms with E-state index in [1.54, 1.807) is 40.7 Å². The summed E-state index contributed by atoms with van der Waals surface area (Å²) >= 11 is 0. The molecule has 2 fully saturated rings. The van der Waals surface area contributed by atoms with E-state index in [0.29, 0.717) is 18.8 Å². The third kappa shape index (κ3) is 5.48. The van der Waals surface area contributed by atoms with Crippen molar-refractivity contribution in [1.29, 1.82) is 0 Å². The standard InChI is InChI=1S/C24H32N4O4S/c1-19(26-15-17-27(18-16-26)21-7-9-22(29)10-8-21)24(30)25-20-5-11-23(12-6-20)33(31,32)28-13-3-2-4-14-28/h5-12,19,29H,2-4,13-18H2,1H3,(H,25,30). The number of aromatic hydroxyl groups is 1. The molecule has 178 valence electrons. The second kappa shape index (κ2) is 10.1. The summed E-state index contributed by atoms with van der Waals surface area (Å²) in [5.74, 6) is 0.138. The van der Waals surface area contributed by atoms with Crippen LogP contribution in [0, 0.1) is 0 Å². The number of amides is 1. The van der Waals surface area contributed by atoms with Gasteiger partial charge in [-0.1, -0.05) is 6.42 Å². The van der Waals surface area contributed by atoms with Crippen molar-refractivity contribution in [3.63, 3.8) is 0 Å². The molecule has 2 aliphatic rings. The first-order valence-electron chi connectivity index (χ1n) is 11.5. The maximum Gasteiger partial charge on any atom is 0.243 e. The minimum atomic E-state index is -3.48. The van der Waals surface area contributed by atoms with Crippen LogP contribution in [0.2, 0.25) is 0 Å². The van der Waals surface area contributed by atoms with Gasteiger partial charge >= 0.3 is 0 Å². The van der Waals surface area contributed by atoms with E-state index in [9.17, 15) is 18.3 Å². The van der Waals surface area contributed by atoms with Crippen LogP contribution in [0.5, 0.6) is 5.75 Å². The van der Waals surface area contributed by atoms with E-state index in [-0.39, 0.29) is 22.6 Å². The fraction of sp³-hybridized carbons (Fsp3) is 0.458. The quantitative estimate of drug-likeness (QED) is 0.672. The Labute approximate surface area is 195 Å². The number of hydrogen-bond acceptors (Lipinski definition) is 6. The molecule has 2 aromatic rings. The zero-order chi connectivity index (χ0) is 23.4. The summed E-state index contributed by atoms with van der Waals surface area (Å²) in [6.07, 6.45) is 2.87. The average molecular weight is 473 g/mol. The lowest BCUT2D eigenvalue weighted by molar-refractivity contribution is -0.120. The minimum Gasteiger partial charge on any atom is -0.508 e. The Hall–Kier alpha value is -2.62. The third-order valence-corrected chi connectivity index (χ3v) is 8.44. The average Bonchev–Trinajstić information content (AvgIpc) is 2.85. The van der Waals surface area contributed by atoms with Crippen LogP contribution in [0.15, 0.2) is 53.4 Å². The SMILES string of the molecule is CC(C(=O)Nc1ccc(S(=O)(=O)N2CCCCC2)cc1)N1CCN(c2ccc(O)cc2)CC1. The van der Waals surface area contributed by atoms with Gasteiger partial charge in [-0.05, 0) is 68.3 Å². The van der Waals surface area contributed by atoms with Crippen LogP contribution >= 0.6 is 0 Å². The molecular weight excluding hydrogens is 440 g/mol. The highest BCUT2D eigenvalue weighted by atomic mass is 32.2. The maximum absolute atomic E-state index is 12.8. The number of hydrogen-bond donors (Lipinski definition) is 2. The number of nitrogens with zero attached hydrogens (tertiary/aromatic N) is 3. The van der Waals surface area contributed by atoms with Gasteiger partial charge in [-0.25, -0.2) is 8.42 Å². The molecule has 2 aliphatic heterocycles. The van der Waals surface area contributed by atoms with Gasteiger partial charge in [0.2, 0.25) is 15.9 Å². The Bertz CT molecular complexity index is 1040. The van der Waals surface area contributed by atoms with Gasteiger partial charge in [0, 0.05) is 50.6 Å². The Morgan fingerprint density at radius 3 is 2.09 bits per heavy atom. The van der Waals surface area contributed by atoms with Gasteiger partial charge in [0.25, 0.3) is 0 Å². The maximum atomic E-state index is 12.8. The van der Waals surface area contributed by atoms with Gasteiger partial charge in [-0.3, -0.25) is 9.69 Å². The predicted molar refractivity (Wildman–Crippen MR) is 129 cm³/mol. The molecule has 0 radical (unpaired) electrons. The zero-order valence-electron chi connectivity index (χ0n) is 19.0. The molecule has 9 heteroatoms. The molecular formula is C24H32N4O4S. The highest BCUT2D eigenvalue weighted by molar-refractivity contribution is 7.89. The van der Waals surface area contributed by atoms with E-state index in [4.69, 9.17) is 0 Å². The predicted octanol–water partition coefficient (Wildman–Crippen LogP) is 2.72. The Morgan fingerprint density at radius 1 is 0.879 bits per heavy atom. The number of phenolic OH excluding ortho intramolecular Hbond substituents is 1. The highest BCUT2D eigenvalue weighted by Gasteiger charge is 2.27. The Balaban J connectivity index is 1.31. The molecule has 0 bridgehead atoms. The normalized spacial score (nSPS) is 19.2. The van der Waals surface area contributed by atoms with Gasteiger partial charge in [0.15, 0.2) is 0 Å². The van der Waals surface area contributed by atoms with E-state index < -0.39 is 10.0 Å². The highest BCUT2D eigenvalue weighted by Crippen LogP contribution is 2.23. The topological polar surface area (TPSA) is 93.2 Å². The lowest BCUT2D eigenvalue weighted by Gasteiger charge is -2.38. The van der Waals surface area contributed by atoms with Crippen molar-refractivity contribution < 1.29 is 18.3 Å². The van der Waals surface area contributed by atoms with Gasteiger partial charge < -0.3 is 15.3 Å². The monoisotopic (exact) mass is 472 g/mol. The summed E-state index contributed by atoms with van der Waals surface area (Å²) in [5, 5.41) is 12.4. The molecule has 2 aromatic carbocycles. The van der Waals surface area contributed by atoms with Crippen molar-refractivity contribution in [3.05, 3.63) is 48.5 Å². The molecule has 1 unspecified atom stereocenters. The molecule has 0 aliphatic carbocycles. The molecule has 2 N–H and O–H groups in total. The molecule has 0 saturated carbocycles. The molecule has 0 spiro atoms. The molecule has 2 saturated heterocycles. The summed E-state index contributed by atoms with van der Waals surface area (Å²) in [5.41, 5.74) is 1.65. The summed E-state index contributed by atoms with van der Waals surface area (Å²) in [4.78, 5) is 17.5. The molecule has 33 heavy (non-hydrogen) atoms. The fourth-order valence-corrected chi connectivity index (χ4v) is 5.93. The number of carbonyl (C=O) groups excluding carboxylic acids is 1. The van der Waals surface area contributed by atoms with Crippen LogP contribution in [-0.2, 0) is 14.8 Å². The zero-order valence-corrected chi connectivity index (χ0v) is 19.8. The van der Waals surface area contributed by atoms with Crippen molar-refractivity contribution in [2.45, 2.75) is 37.1 Å². The van der Waals surface area contributed by atoms with Crippen LogP contribution in [0.25, 0.3) is 0 Å². The Kier molecular flexibility index (Phi) is 7.21. The van der Waals surface area contributed by atoms with Crippen LogP contribution in [0.4, 0.5) is 11.4 Å². The first kappa shape index (κ1) is 23.5. The molecule has 1 atom stereocenters. The van der Waals surface area contributed by atoms with E-state index in [1.807, 2.05) is 19.1 Å². The molecule has 8 nitrogen and oxygen atoms in total. The van der Waals surface area contributed by atoms with Crippen LogP contribution in [0.1, 0.15) is 26.2 Å². The van der Waals surface area contributed by atoms with Gasteiger partial charge in [0.1, 0.15) is 5.75 Å². The summed E-state index contributed by atoms with van der Waals surface area (Å²) in [7, 11) is -3.48. The number of benzene rings is 2. The number of carbonyl (C=O) groups is 1. The summed E-state index contributed by atoms with van der Waals surface area (Å²) in [6.45, 7) is 6.12. The first-order chi connectivity index (χ1) is 15.8. The van der Waals surface area contributed by atoms with Crippen molar-refractivity contribution in [2.24, 2.45) is 0 Å². The van der Waals surface area contributed by atoms with Crippen LogP contribution in [-0.4, -0.2) is 73.9 Å². The summed E-state index contributed by atoms with van der Waals surface area (Å²) in [6, 6.07) is 13.3. The number of piperidine rings is 1. The number of nitrogens with one attached hydrogen (secondary N) is 1. The number of piperazine rings is 1. The number of rotatable bonds is 6. The van der Waals surface area contributed by atoms with Gasteiger partial charge in [-0.15, -0.1) is 0 Å². The molecule has 1 amide bonds. The minimum absolute atomic E-state index is 0.111. The fourth-order valence-electron chi connectivity index (χ4n) is 4.41. The molecule has 4 rings (SSSR count). The van der Waals surface area contributed by atoms with Crippen molar-refractivity contribution in [2.75, 3.05) is 49.5 Å². The largest absolute Gasteiger partial charge is 0.508 e. The number of sulfonamides is 1. The van der Waals surface area contributed by atoms with Crippen molar-refractivity contribution >= 4 is 27.3 Å². The van der Waals surface area contributed by atoms with Gasteiger partial charge in [-0.2, -0.15) is 4.31 Å². The van der Waals surface area contributed by atoms with Crippen LogP contribution in [0.3, 0.4) is 0 Å². The van der Waals surface area contributed by atoms with Crippen molar-refractivity contribution in [1.82, 2.24) is 9.21 Å². The van der Waals surface area contributed by atoms with E-state index in [2.05, 4.69) is 15.1 Å². The second-order valence-electron chi connectivity index (χ2n) is 8.69. The van der Waals surface area contributed by atoms with Crippen LogP contribution < -0.4 is 10.2 Å². The number of anilines is 2. The second-order valence-corrected chi connectivity index (χ2v) is 10.6. The smallest absolute Gasteiger partial charge is 0.243 e. The van der Waals surface area contributed by atoms with E-state index >= 15 is 0 Å². The lowest BCUT2D eigenvalue weighted by atomic mass is 10.2. The molecule has 0 aromatic heterocycles. The van der Waals surface area contributed by atoms with Crippen molar-refractivity contribution in [3.8, 4) is 5.75 Å². The molecule has 2 heterocycles.